The van der Waals surface area contributed by atoms with E-state index in [-0.39, 0.29) is 11.7 Å². The summed E-state index contributed by atoms with van der Waals surface area (Å²) < 4.78 is 37.5. The summed E-state index contributed by atoms with van der Waals surface area (Å²) >= 11 is 0. The SMILES string of the molecule is Cc1ncnc(N2CCOC3(CCS(=O)(=NC(=O)C(C)(C)C)CC3)C2)c1F. The van der Waals surface area contributed by atoms with Gasteiger partial charge in [-0.25, -0.2) is 18.6 Å². The number of aryl methyl sites for hydroxylation is 1. The summed E-state index contributed by atoms with van der Waals surface area (Å²) in [5.41, 5.74) is -0.836. The van der Waals surface area contributed by atoms with Gasteiger partial charge in [-0.15, -0.1) is 0 Å². The molecule has 27 heavy (non-hydrogen) atoms. The Hall–Kier alpha value is -1.61. The first-order chi connectivity index (χ1) is 12.5. The minimum absolute atomic E-state index is 0.282. The van der Waals surface area contributed by atoms with Gasteiger partial charge in [0.05, 0.1) is 27.6 Å². The molecule has 2 aliphatic rings. The van der Waals surface area contributed by atoms with Crippen LogP contribution in [0, 0.1) is 18.2 Å². The number of aromatic nitrogens is 2. The summed E-state index contributed by atoms with van der Waals surface area (Å²) in [6, 6.07) is 0. The van der Waals surface area contributed by atoms with Gasteiger partial charge in [-0.1, -0.05) is 20.8 Å². The zero-order chi connectivity index (χ0) is 19.9. The van der Waals surface area contributed by atoms with Gasteiger partial charge in [-0.3, -0.25) is 4.79 Å². The smallest absolute Gasteiger partial charge is 0.259 e. The maximum Gasteiger partial charge on any atom is 0.259 e. The number of carbonyl (C=O) groups excluding carboxylic acids is 1. The van der Waals surface area contributed by atoms with Crippen molar-refractivity contribution in [2.24, 2.45) is 9.78 Å². The second-order valence-electron chi connectivity index (χ2n) is 8.38. The molecule has 2 aliphatic heterocycles. The first-order valence-corrected chi connectivity index (χ1v) is 11.0. The predicted molar refractivity (Wildman–Crippen MR) is 102 cm³/mol. The van der Waals surface area contributed by atoms with Gasteiger partial charge in [-0.05, 0) is 19.8 Å². The lowest BCUT2D eigenvalue weighted by molar-refractivity contribution is -0.124. The van der Waals surface area contributed by atoms with E-state index in [9.17, 15) is 13.4 Å². The largest absolute Gasteiger partial charge is 0.371 e. The Balaban J connectivity index is 1.76. The molecule has 2 fully saturated rings. The molecule has 1 spiro atoms. The van der Waals surface area contributed by atoms with E-state index < -0.39 is 26.6 Å². The molecule has 0 bridgehead atoms. The average molecular weight is 399 g/mol. The molecule has 1 aromatic heterocycles. The molecular formula is C18H27FN4O3S. The third kappa shape index (κ3) is 4.29. The van der Waals surface area contributed by atoms with Gasteiger partial charge >= 0.3 is 0 Å². The topological polar surface area (TPSA) is 84.8 Å². The van der Waals surface area contributed by atoms with Crippen LogP contribution in [-0.4, -0.2) is 56.9 Å². The van der Waals surface area contributed by atoms with Gasteiger partial charge in [0.2, 0.25) is 0 Å². The fourth-order valence-electron chi connectivity index (χ4n) is 3.29. The van der Waals surface area contributed by atoms with Crippen LogP contribution in [0.4, 0.5) is 10.2 Å². The number of ether oxygens (including phenoxy) is 1. The summed E-state index contributed by atoms with van der Waals surface area (Å²) in [7, 11) is -2.57. The Bertz CT molecular complexity index is 845. The number of anilines is 1. The molecule has 0 aromatic carbocycles. The minimum Gasteiger partial charge on any atom is -0.371 e. The average Bonchev–Trinajstić information content (AvgIpc) is 2.60. The van der Waals surface area contributed by atoms with E-state index in [2.05, 4.69) is 14.3 Å². The van der Waals surface area contributed by atoms with E-state index in [1.54, 1.807) is 27.7 Å². The second-order valence-corrected chi connectivity index (χ2v) is 10.9. The molecule has 2 saturated heterocycles. The van der Waals surface area contributed by atoms with Crippen LogP contribution < -0.4 is 4.90 Å². The van der Waals surface area contributed by atoms with Crippen molar-refractivity contribution in [1.82, 2.24) is 9.97 Å². The Labute approximate surface area is 159 Å². The lowest BCUT2D eigenvalue weighted by Crippen LogP contribution is -2.55. The zero-order valence-electron chi connectivity index (χ0n) is 16.3. The Morgan fingerprint density at radius 1 is 1.33 bits per heavy atom. The first-order valence-electron chi connectivity index (χ1n) is 9.17. The lowest BCUT2D eigenvalue weighted by Gasteiger charge is -2.45. The molecular weight excluding hydrogens is 371 g/mol. The highest BCUT2D eigenvalue weighted by atomic mass is 32.2. The van der Waals surface area contributed by atoms with E-state index in [4.69, 9.17) is 4.74 Å². The number of hydrogen-bond acceptors (Lipinski definition) is 6. The van der Waals surface area contributed by atoms with Crippen molar-refractivity contribution in [3.8, 4) is 0 Å². The van der Waals surface area contributed by atoms with Crippen LogP contribution in [0.25, 0.3) is 0 Å². The molecule has 3 rings (SSSR count). The second kappa shape index (κ2) is 7.09. The van der Waals surface area contributed by atoms with Gasteiger partial charge in [0.25, 0.3) is 5.91 Å². The molecule has 9 heteroatoms. The third-order valence-electron chi connectivity index (χ3n) is 5.14. The van der Waals surface area contributed by atoms with Crippen LogP contribution in [0.15, 0.2) is 10.7 Å². The summed E-state index contributed by atoms with van der Waals surface area (Å²) in [5.74, 6) is 0.166. The highest BCUT2D eigenvalue weighted by molar-refractivity contribution is 7.93. The first kappa shape index (κ1) is 20.1. The highest BCUT2D eigenvalue weighted by Gasteiger charge is 2.42. The summed E-state index contributed by atoms with van der Waals surface area (Å²) in [6.45, 7) is 8.38. The highest BCUT2D eigenvalue weighted by Crippen LogP contribution is 2.34. The van der Waals surface area contributed by atoms with Gasteiger partial charge in [0.15, 0.2) is 11.6 Å². The van der Waals surface area contributed by atoms with Crippen LogP contribution in [0.3, 0.4) is 0 Å². The molecule has 7 nitrogen and oxygen atoms in total. The molecule has 0 unspecified atom stereocenters. The quantitative estimate of drug-likeness (QED) is 0.722. The molecule has 1 aromatic rings. The molecule has 3 heterocycles. The van der Waals surface area contributed by atoms with Crippen molar-refractivity contribution in [2.45, 2.75) is 46.1 Å². The van der Waals surface area contributed by atoms with Crippen molar-refractivity contribution in [3.05, 3.63) is 17.8 Å². The van der Waals surface area contributed by atoms with Gasteiger partial charge in [0, 0.05) is 30.0 Å². The van der Waals surface area contributed by atoms with Crippen molar-refractivity contribution in [2.75, 3.05) is 36.1 Å². The molecule has 150 valence electrons. The Morgan fingerprint density at radius 2 is 2.00 bits per heavy atom. The predicted octanol–water partition coefficient (Wildman–Crippen LogP) is 2.33. The molecule has 0 N–H and O–H groups in total. The fourth-order valence-corrected chi connectivity index (χ4v) is 5.64. The van der Waals surface area contributed by atoms with Crippen LogP contribution in [-0.2, 0) is 19.3 Å². The zero-order valence-corrected chi connectivity index (χ0v) is 17.1. The monoisotopic (exact) mass is 398 g/mol. The van der Waals surface area contributed by atoms with Crippen LogP contribution in [0.5, 0.6) is 0 Å². The standard InChI is InChI=1S/C18H27FN4O3S/c1-13-14(19)15(21-12-20-13)23-7-8-26-18(11-23)5-9-27(25,10-6-18)22-16(24)17(2,3)4/h12H,5-11H2,1-4H3. The van der Waals surface area contributed by atoms with Crippen molar-refractivity contribution < 1.29 is 18.1 Å². The van der Waals surface area contributed by atoms with Gasteiger partial charge < -0.3 is 9.64 Å². The van der Waals surface area contributed by atoms with E-state index in [1.807, 2.05) is 4.90 Å². The number of nitrogens with zero attached hydrogens (tertiary/aromatic N) is 4. The van der Waals surface area contributed by atoms with Crippen molar-refractivity contribution >= 4 is 21.5 Å². The van der Waals surface area contributed by atoms with Gasteiger partial charge in [-0.2, -0.15) is 4.36 Å². The van der Waals surface area contributed by atoms with Crippen molar-refractivity contribution in [1.29, 1.82) is 0 Å². The number of amides is 1. The van der Waals surface area contributed by atoms with E-state index >= 15 is 0 Å². The van der Waals surface area contributed by atoms with Crippen molar-refractivity contribution in [3.63, 3.8) is 0 Å². The van der Waals surface area contributed by atoms with E-state index in [0.29, 0.717) is 49.7 Å². The number of morpholine rings is 1. The summed E-state index contributed by atoms with van der Waals surface area (Å²) in [4.78, 5) is 22.0. The van der Waals surface area contributed by atoms with Crippen LogP contribution >= 0.6 is 0 Å². The number of rotatable bonds is 1. The molecule has 0 radical (unpaired) electrons. The van der Waals surface area contributed by atoms with Crippen LogP contribution in [0.2, 0.25) is 0 Å². The number of hydrogen-bond donors (Lipinski definition) is 0. The molecule has 1 amide bonds. The van der Waals surface area contributed by atoms with E-state index in [0.717, 1.165) is 0 Å². The Morgan fingerprint density at radius 3 is 2.63 bits per heavy atom. The molecule has 0 atom stereocenters. The third-order valence-corrected chi connectivity index (χ3v) is 7.32. The normalized spacial score (nSPS) is 29.0. The summed E-state index contributed by atoms with van der Waals surface area (Å²) in [5, 5.41) is 0. The molecule has 0 saturated carbocycles. The minimum atomic E-state index is -2.57. The fraction of sp³-hybridized carbons (Fsp3) is 0.722. The Kier molecular flexibility index (Phi) is 5.28. The maximum atomic E-state index is 14.4. The maximum absolute atomic E-state index is 14.4. The number of carbonyl (C=O) groups is 1. The van der Waals surface area contributed by atoms with Crippen LogP contribution in [0.1, 0.15) is 39.3 Å². The number of halogens is 1. The lowest BCUT2D eigenvalue weighted by atomic mass is 9.94. The van der Waals surface area contributed by atoms with Gasteiger partial charge in [0.1, 0.15) is 6.33 Å². The van der Waals surface area contributed by atoms with E-state index in [1.165, 1.54) is 6.33 Å². The molecule has 0 aliphatic carbocycles. The summed E-state index contributed by atoms with van der Waals surface area (Å²) in [6.07, 6.45) is 2.41.